The Labute approximate surface area is 145 Å². The number of amides is 1. The number of hydrogen-bond donors (Lipinski definition) is 2. The molecule has 1 saturated heterocycles. The highest BCUT2D eigenvalue weighted by molar-refractivity contribution is 5.97. The Bertz CT molecular complexity index is 795. The summed E-state index contributed by atoms with van der Waals surface area (Å²) in [6.07, 6.45) is 0.846. The largest absolute Gasteiger partial charge is 0.507 e. The quantitative estimate of drug-likeness (QED) is 0.894. The number of para-hydroxylation sites is 1. The molecule has 1 fully saturated rings. The zero-order valence-electron chi connectivity index (χ0n) is 13.9. The van der Waals surface area contributed by atoms with Crippen LogP contribution >= 0.6 is 0 Å². The van der Waals surface area contributed by atoms with Gasteiger partial charge in [0.25, 0.3) is 5.91 Å². The third-order valence-corrected chi connectivity index (χ3v) is 4.59. The van der Waals surface area contributed by atoms with Gasteiger partial charge in [-0.1, -0.05) is 12.1 Å². The van der Waals surface area contributed by atoms with Crippen LogP contribution in [0, 0.1) is 24.5 Å². The van der Waals surface area contributed by atoms with E-state index in [1.807, 2.05) is 4.90 Å². The molecule has 0 saturated carbocycles. The zero-order chi connectivity index (χ0) is 18.0. The number of phenols is 1. The van der Waals surface area contributed by atoms with Crippen LogP contribution in [0.15, 0.2) is 36.4 Å². The number of aromatic hydroxyl groups is 1. The molecule has 6 heteroatoms. The second-order valence-electron chi connectivity index (χ2n) is 6.38. The lowest BCUT2D eigenvalue weighted by molar-refractivity contribution is 0.0945. The van der Waals surface area contributed by atoms with Crippen molar-refractivity contribution in [3.05, 3.63) is 59.2 Å². The highest BCUT2D eigenvalue weighted by Gasteiger charge is 2.24. The first kappa shape index (κ1) is 17.2. The number of carbonyl (C=O) groups is 1. The molecular formula is C19H20F2N2O2. The van der Waals surface area contributed by atoms with Gasteiger partial charge in [0.1, 0.15) is 5.75 Å². The smallest absolute Gasteiger partial charge is 0.255 e. The second kappa shape index (κ2) is 7.09. The van der Waals surface area contributed by atoms with Crippen molar-refractivity contribution in [1.82, 2.24) is 5.32 Å². The predicted octanol–water partition coefficient (Wildman–Crippen LogP) is 3.24. The van der Waals surface area contributed by atoms with E-state index >= 15 is 0 Å². The Kier molecular flexibility index (Phi) is 4.88. The summed E-state index contributed by atoms with van der Waals surface area (Å²) < 4.78 is 26.4. The highest BCUT2D eigenvalue weighted by atomic mass is 19.2. The van der Waals surface area contributed by atoms with E-state index in [0.29, 0.717) is 24.3 Å². The summed E-state index contributed by atoms with van der Waals surface area (Å²) in [7, 11) is 0. The second-order valence-corrected chi connectivity index (χ2v) is 6.38. The minimum atomic E-state index is -0.857. The number of benzene rings is 2. The Hall–Kier alpha value is -2.63. The average molecular weight is 346 g/mol. The maximum absolute atomic E-state index is 13.4. The molecule has 0 bridgehead atoms. The molecule has 2 aromatic carbocycles. The average Bonchev–Trinajstić information content (AvgIpc) is 3.06. The number of aryl methyl sites for hydroxylation is 1. The van der Waals surface area contributed by atoms with Gasteiger partial charge in [0.2, 0.25) is 0 Å². The first-order valence-corrected chi connectivity index (χ1v) is 8.22. The minimum absolute atomic E-state index is 0.00478. The van der Waals surface area contributed by atoms with Crippen molar-refractivity contribution in [2.75, 3.05) is 24.5 Å². The van der Waals surface area contributed by atoms with E-state index in [4.69, 9.17) is 0 Å². The van der Waals surface area contributed by atoms with E-state index in [1.165, 1.54) is 6.07 Å². The fourth-order valence-electron chi connectivity index (χ4n) is 3.09. The lowest BCUT2D eigenvalue weighted by Crippen LogP contribution is -2.31. The van der Waals surface area contributed by atoms with Gasteiger partial charge in [-0.05, 0) is 43.0 Å². The third-order valence-electron chi connectivity index (χ3n) is 4.59. The number of carbonyl (C=O) groups excluding carboxylic acids is 1. The molecule has 25 heavy (non-hydrogen) atoms. The standard InChI is InChI=1S/C19H20F2N2O2/c1-12-3-2-4-15(18(12)24)19(25)22-10-13-7-8-23(11-13)14-5-6-16(20)17(21)9-14/h2-6,9,13,24H,7-8,10-11H2,1H3,(H,22,25). The first-order chi connectivity index (χ1) is 12.0. The molecule has 1 aliphatic rings. The van der Waals surface area contributed by atoms with Crippen LogP contribution < -0.4 is 10.2 Å². The van der Waals surface area contributed by atoms with Crippen molar-refractivity contribution in [2.24, 2.45) is 5.92 Å². The van der Waals surface area contributed by atoms with Crippen molar-refractivity contribution in [2.45, 2.75) is 13.3 Å². The maximum Gasteiger partial charge on any atom is 0.255 e. The van der Waals surface area contributed by atoms with Crippen LogP contribution in [-0.4, -0.2) is 30.6 Å². The van der Waals surface area contributed by atoms with Crippen LogP contribution in [0.5, 0.6) is 5.75 Å². The van der Waals surface area contributed by atoms with E-state index in [-0.39, 0.29) is 23.1 Å². The van der Waals surface area contributed by atoms with Gasteiger partial charge in [0, 0.05) is 31.4 Å². The molecule has 1 heterocycles. The Morgan fingerprint density at radius 3 is 2.84 bits per heavy atom. The Morgan fingerprint density at radius 2 is 2.08 bits per heavy atom. The SMILES string of the molecule is Cc1cccc(C(=O)NCC2CCN(c3ccc(F)c(F)c3)C2)c1O. The fourth-order valence-corrected chi connectivity index (χ4v) is 3.09. The van der Waals surface area contributed by atoms with Gasteiger partial charge in [-0.3, -0.25) is 4.79 Å². The summed E-state index contributed by atoms with van der Waals surface area (Å²) >= 11 is 0. The summed E-state index contributed by atoms with van der Waals surface area (Å²) in [5.74, 6) is -1.82. The molecule has 1 unspecified atom stereocenters. The third kappa shape index (κ3) is 3.73. The molecule has 132 valence electrons. The molecule has 4 nitrogen and oxygen atoms in total. The molecule has 1 amide bonds. The summed E-state index contributed by atoms with van der Waals surface area (Å²) in [4.78, 5) is 14.2. The van der Waals surface area contributed by atoms with E-state index in [1.54, 1.807) is 31.2 Å². The maximum atomic E-state index is 13.4. The number of phenolic OH excluding ortho intramolecular Hbond substituents is 1. The Morgan fingerprint density at radius 1 is 1.28 bits per heavy atom. The van der Waals surface area contributed by atoms with E-state index in [2.05, 4.69) is 5.32 Å². The van der Waals surface area contributed by atoms with Crippen molar-refractivity contribution in [3.63, 3.8) is 0 Å². The molecule has 1 atom stereocenters. The van der Waals surface area contributed by atoms with Crippen molar-refractivity contribution < 1.29 is 18.7 Å². The normalized spacial score (nSPS) is 16.9. The van der Waals surface area contributed by atoms with Crippen LogP contribution in [0.4, 0.5) is 14.5 Å². The molecule has 0 aromatic heterocycles. The van der Waals surface area contributed by atoms with Gasteiger partial charge in [-0.25, -0.2) is 8.78 Å². The van der Waals surface area contributed by atoms with E-state index in [9.17, 15) is 18.7 Å². The number of nitrogens with one attached hydrogen (secondary N) is 1. The van der Waals surface area contributed by atoms with Crippen LogP contribution in [0.3, 0.4) is 0 Å². The first-order valence-electron chi connectivity index (χ1n) is 8.22. The molecule has 2 N–H and O–H groups in total. The van der Waals surface area contributed by atoms with E-state index in [0.717, 1.165) is 19.0 Å². The molecule has 0 spiro atoms. The van der Waals surface area contributed by atoms with Gasteiger partial charge in [0.05, 0.1) is 5.56 Å². The van der Waals surface area contributed by atoms with Crippen molar-refractivity contribution in [1.29, 1.82) is 0 Å². The summed E-state index contributed by atoms with van der Waals surface area (Å²) in [6, 6.07) is 8.93. The van der Waals surface area contributed by atoms with Crippen LogP contribution in [0.1, 0.15) is 22.3 Å². The van der Waals surface area contributed by atoms with Gasteiger partial charge in [-0.2, -0.15) is 0 Å². The minimum Gasteiger partial charge on any atom is -0.507 e. The van der Waals surface area contributed by atoms with E-state index < -0.39 is 11.6 Å². The van der Waals surface area contributed by atoms with Gasteiger partial charge < -0.3 is 15.3 Å². The van der Waals surface area contributed by atoms with Gasteiger partial charge in [-0.15, -0.1) is 0 Å². The predicted molar refractivity (Wildman–Crippen MR) is 91.9 cm³/mol. The van der Waals surface area contributed by atoms with Gasteiger partial charge >= 0.3 is 0 Å². The molecule has 3 rings (SSSR count). The number of anilines is 1. The summed E-state index contributed by atoms with van der Waals surface area (Å²) in [5, 5.41) is 12.8. The number of nitrogens with zero attached hydrogens (tertiary/aromatic N) is 1. The van der Waals surface area contributed by atoms with Crippen molar-refractivity contribution >= 4 is 11.6 Å². The lowest BCUT2D eigenvalue weighted by atomic mass is 10.1. The zero-order valence-corrected chi connectivity index (χ0v) is 13.9. The van der Waals surface area contributed by atoms with Crippen molar-refractivity contribution in [3.8, 4) is 5.75 Å². The Balaban J connectivity index is 1.57. The fraction of sp³-hybridized carbons (Fsp3) is 0.316. The van der Waals surface area contributed by atoms with Crippen LogP contribution in [-0.2, 0) is 0 Å². The number of hydrogen-bond acceptors (Lipinski definition) is 3. The molecule has 0 aliphatic carbocycles. The topological polar surface area (TPSA) is 52.6 Å². The van der Waals surface area contributed by atoms with Crippen LogP contribution in [0.2, 0.25) is 0 Å². The number of halogens is 2. The number of rotatable bonds is 4. The monoisotopic (exact) mass is 346 g/mol. The summed E-state index contributed by atoms with van der Waals surface area (Å²) in [5.41, 5.74) is 1.55. The highest BCUT2D eigenvalue weighted by Crippen LogP contribution is 2.25. The molecule has 0 radical (unpaired) electrons. The molecule has 2 aromatic rings. The van der Waals surface area contributed by atoms with Crippen LogP contribution in [0.25, 0.3) is 0 Å². The molecular weight excluding hydrogens is 326 g/mol. The van der Waals surface area contributed by atoms with Gasteiger partial charge in [0.15, 0.2) is 11.6 Å². The summed E-state index contributed by atoms with van der Waals surface area (Å²) in [6.45, 7) is 3.58. The molecule has 1 aliphatic heterocycles. The lowest BCUT2D eigenvalue weighted by Gasteiger charge is -2.19.